The predicted octanol–water partition coefficient (Wildman–Crippen LogP) is 2.07. The van der Waals surface area contributed by atoms with Gasteiger partial charge >= 0.3 is 12.1 Å². The topological polar surface area (TPSA) is 90.5 Å². The molecule has 0 unspecified atom stereocenters. The molecule has 0 aliphatic carbocycles. The summed E-state index contributed by atoms with van der Waals surface area (Å²) >= 11 is 2.18. The van der Waals surface area contributed by atoms with E-state index in [4.69, 9.17) is 5.11 Å². The lowest BCUT2D eigenvalue weighted by Gasteiger charge is -2.07. The van der Waals surface area contributed by atoms with Crippen LogP contribution in [0, 0.1) is 3.57 Å². The molecule has 6 nitrogen and oxygen atoms in total. The standard InChI is InChI=1S/C11H14IN3O3/c12-8-2-4-9(5-3-8)15-10(16)13-6-1-7-14-11(17)18/h2-5,14H,1,6-7H2,(H,17,18)(H2,13,15,16). The third-order valence-corrected chi connectivity index (χ3v) is 2.74. The highest BCUT2D eigenvalue weighted by molar-refractivity contribution is 14.1. The third-order valence-electron chi connectivity index (χ3n) is 2.02. The highest BCUT2D eigenvalue weighted by Crippen LogP contribution is 2.10. The summed E-state index contributed by atoms with van der Waals surface area (Å²) in [6, 6.07) is 7.12. The number of carboxylic acid groups (broad SMARTS) is 1. The third kappa shape index (κ3) is 6.28. The minimum Gasteiger partial charge on any atom is -0.465 e. The van der Waals surface area contributed by atoms with Crippen molar-refractivity contribution in [1.29, 1.82) is 0 Å². The Morgan fingerprint density at radius 2 is 1.72 bits per heavy atom. The van der Waals surface area contributed by atoms with Gasteiger partial charge in [0.1, 0.15) is 0 Å². The van der Waals surface area contributed by atoms with Gasteiger partial charge in [0.15, 0.2) is 0 Å². The normalized spacial score (nSPS) is 9.61. The molecule has 7 heteroatoms. The van der Waals surface area contributed by atoms with Gasteiger partial charge in [-0.2, -0.15) is 0 Å². The molecule has 3 amide bonds. The second-order valence-corrected chi connectivity index (χ2v) is 4.72. The maximum absolute atomic E-state index is 11.4. The maximum atomic E-state index is 11.4. The van der Waals surface area contributed by atoms with Gasteiger partial charge in [-0.1, -0.05) is 0 Å². The summed E-state index contributed by atoms with van der Waals surface area (Å²) in [6.45, 7) is 0.732. The molecular formula is C11H14IN3O3. The first-order valence-corrected chi connectivity index (χ1v) is 6.43. The summed E-state index contributed by atoms with van der Waals surface area (Å²) < 4.78 is 1.10. The monoisotopic (exact) mass is 363 g/mol. The van der Waals surface area contributed by atoms with Crippen LogP contribution in [0.1, 0.15) is 6.42 Å². The van der Waals surface area contributed by atoms with E-state index in [1.165, 1.54) is 0 Å². The molecule has 0 bridgehead atoms. The molecule has 0 saturated carbocycles. The number of anilines is 1. The largest absolute Gasteiger partial charge is 0.465 e. The first-order valence-electron chi connectivity index (χ1n) is 5.35. The molecule has 1 aromatic carbocycles. The molecule has 18 heavy (non-hydrogen) atoms. The van der Waals surface area contributed by atoms with Crippen molar-refractivity contribution in [3.63, 3.8) is 0 Å². The van der Waals surface area contributed by atoms with E-state index in [2.05, 4.69) is 38.5 Å². The number of hydrogen-bond acceptors (Lipinski definition) is 2. The first-order chi connectivity index (χ1) is 8.58. The number of benzene rings is 1. The lowest BCUT2D eigenvalue weighted by molar-refractivity contribution is 0.194. The lowest BCUT2D eigenvalue weighted by atomic mass is 10.3. The van der Waals surface area contributed by atoms with Crippen molar-refractivity contribution in [2.24, 2.45) is 0 Å². The van der Waals surface area contributed by atoms with Gasteiger partial charge in [-0.15, -0.1) is 0 Å². The molecular weight excluding hydrogens is 349 g/mol. The van der Waals surface area contributed by atoms with Crippen molar-refractivity contribution in [2.45, 2.75) is 6.42 Å². The van der Waals surface area contributed by atoms with E-state index in [1.807, 2.05) is 24.3 Å². The number of nitrogens with one attached hydrogen (secondary N) is 3. The second kappa shape index (κ2) is 7.75. The molecule has 0 aliphatic heterocycles. The summed E-state index contributed by atoms with van der Waals surface area (Å²) in [5.74, 6) is 0. The average Bonchev–Trinajstić information content (AvgIpc) is 2.31. The lowest BCUT2D eigenvalue weighted by Crippen LogP contribution is -2.32. The summed E-state index contributed by atoms with van der Waals surface area (Å²) in [4.78, 5) is 21.6. The molecule has 4 N–H and O–H groups in total. The van der Waals surface area contributed by atoms with Crippen LogP contribution in [-0.2, 0) is 0 Å². The van der Waals surface area contributed by atoms with Crippen LogP contribution < -0.4 is 16.0 Å². The second-order valence-electron chi connectivity index (χ2n) is 3.47. The van der Waals surface area contributed by atoms with Crippen molar-refractivity contribution < 1.29 is 14.7 Å². The summed E-state index contributed by atoms with van der Waals surface area (Å²) in [6.07, 6.45) is -0.509. The van der Waals surface area contributed by atoms with Gasteiger partial charge in [-0.25, -0.2) is 9.59 Å². The van der Waals surface area contributed by atoms with E-state index < -0.39 is 6.09 Å². The number of hydrogen-bond donors (Lipinski definition) is 4. The smallest absolute Gasteiger partial charge is 0.404 e. The molecule has 98 valence electrons. The summed E-state index contributed by atoms with van der Waals surface area (Å²) in [5.41, 5.74) is 0.719. The zero-order valence-corrected chi connectivity index (χ0v) is 11.7. The minimum absolute atomic E-state index is 0.300. The number of rotatable bonds is 5. The summed E-state index contributed by atoms with van der Waals surface area (Å²) in [7, 11) is 0. The fourth-order valence-corrected chi connectivity index (χ4v) is 1.55. The van der Waals surface area contributed by atoms with Crippen molar-refractivity contribution >= 4 is 40.4 Å². The highest BCUT2D eigenvalue weighted by Gasteiger charge is 2.00. The van der Waals surface area contributed by atoms with E-state index in [1.54, 1.807) is 0 Å². The molecule has 0 spiro atoms. The van der Waals surface area contributed by atoms with Gasteiger partial charge in [-0.05, 0) is 53.3 Å². The Morgan fingerprint density at radius 3 is 2.33 bits per heavy atom. The predicted molar refractivity (Wildman–Crippen MR) is 76.8 cm³/mol. The van der Waals surface area contributed by atoms with E-state index in [-0.39, 0.29) is 6.03 Å². The first kappa shape index (κ1) is 14.6. The van der Waals surface area contributed by atoms with Crippen molar-refractivity contribution in [3.05, 3.63) is 27.8 Å². The molecule has 0 aromatic heterocycles. The van der Waals surface area contributed by atoms with Gasteiger partial charge in [0.05, 0.1) is 0 Å². The highest BCUT2D eigenvalue weighted by atomic mass is 127. The van der Waals surface area contributed by atoms with Crippen molar-refractivity contribution in [2.75, 3.05) is 18.4 Å². The van der Waals surface area contributed by atoms with E-state index >= 15 is 0 Å². The Hall–Kier alpha value is -1.51. The van der Waals surface area contributed by atoms with Crippen LogP contribution in [0.15, 0.2) is 24.3 Å². The van der Waals surface area contributed by atoms with E-state index in [0.717, 1.165) is 9.26 Å². The Morgan fingerprint density at radius 1 is 1.11 bits per heavy atom. The molecule has 0 radical (unpaired) electrons. The Labute approximate surface area is 118 Å². The van der Waals surface area contributed by atoms with Gasteiger partial charge in [-0.3, -0.25) is 0 Å². The van der Waals surface area contributed by atoms with Crippen LogP contribution in [0.3, 0.4) is 0 Å². The van der Waals surface area contributed by atoms with Gasteiger partial charge in [0, 0.05) is 22.3 Å². The Balaban J connectivity index is 2.17. The van der Waals surface area contributed by atoms with Crippen LogP contribution in [0.25, 0.3) is 0 Å². The number of carbonyl (C=O) groups is 2. The molecule has 1 aromatic rings. The van der Waals surface area contributed by atoms with Crippen molar-refractivity contribution in [1.82, 2.24) is 10.6 Å². The zero-order valence-electron chi connectivity index (χ0n) is 9.57. The van der Waals surface area contributed by atoms with Crippen molar-refractivity contribution in [3.8, 4) is 0 Å². The van der Waals surface area contributed by atoms with Gasteiger partial charge < -0.3 is 21.1 Å². The fourth-order valence-electron chi connectivity index (χ4n) is 1.19. The maximum Gasteiger partial charge on any atom is 0.404 e. The van der Waals surface area contributed by atoms with Crippen LogP contribution in [-0.4, -0.2) is 30.3 Å². The Kier molecular flexibility index (Phi) is 6.26. The van der Waals surface area contributed by atoms with Crippen LogP contribution in [0.5, 0.6) is 0 Å². The zero-order chi connectivity index (χ0) is 13.4. The van der Waals surface area contributed by atoms with Gasteiger partial charge in [0.25, 0.3) is 0 Å². The van der Waals surface area contributed by atoms with Crippen LogP contribution in [0.4, 0.5) is 15.3 Å². The minimum atomic E-state index is -1.06. The SMILES string of the molecule is O=C(O)NCCCNC(=O)Nc1ccc(I)cc1. The number of amides is 3. The molecule has 0 aliphatic rings. The van der Waals surface area contributed by atoms with Crippen LogP contribution in [0.2, 0.25) is 0 Å². The summed E-state index contributed by atoms with van der Waals surface area (Å²) in [5, 5.41) is 15.9. The Bertz CT molecular complexity index is 408. The quantitative estimate of drug-likeness (QED) is 0.477. The number of urea groups is 1. The number of carbonyl (C=O) groups excluding carboxylic acids is 1. The van der Waals surface area contributed by atoms with Gasteiger partial charge in [0.2, 0.25) is 0 Å². The molecule has 0 heterocycles. The van der Waals surface area contributed by atoms with Crippen LogP contribution >= 0.6 is 22.6 Å². The average molecular weight is 363 g/mol. The fraction of sp³-hybridized carbons (Fsp3) is 0.273. The van der Waals surface area contributed by atoms with E-state index in [9.17, 15) is 9.59 Å². The molecule has 0 saturated heterocycles. The molecule has 0 fully saturated rings. The molecule has 1 rings (SSSR count). The number of halogens is 1. The molecule has 0 atom stereocenters. The van der Waals surface area contributed by atoms with E-state index in [0.29, 0.717) is 19.5 Å².